The second-order valence-electron chi connectivity index (χ2n) is 8.74. The average molecular weight is 432 g/mol. The molecule has 0 aromatic heterocycles. The quantitative estimate of drug-likeness (QED) is 0.449. The monoisotopic (exact) mass is 431 g/mol. The van der Waals surface area contributed by atoms with Gasteiger partial charge in [-0.2, -0.15) is 0 Å². The van der Waals surface area contributed by atoms with Gasteiger partial charge in [-0.25, -0.2) is 0 Å². The molecule has 0 radical (unpaired) electrons. The Morgan fingerprint density at radius 3 is 2.38 bits per heavy atom. The molecule has 4 heteroatoms. The lowest BCUT2D eigenvalue weighted by Crippen LogP contribution is -2.33. The van der Waals surface area contributed by atoms with E-state index in [9.17, 15) is 0 Å². The minimum atomic E-state index is 0.182. The Balaban J connectivity index is 1.57. The zero-order valence-electron chi connectivity index (χ0n) is 19.5. The molecule has 168 valence electrons. The third-order valence-electron chi connectivity index (χ3n) is 6.01. The lowest BCUT2D eigenvalue weighted by Gasteiger charge is -2.35. The fraction of sp³-hybridized carbons (Fsp3) is 0.357. The third-order valence-corrected chi connectivity index (χ3v) is 6.01. The molecule has 0 unspecified atom stereocenters. The summed E-state index contributed by atoms with van der Waals surface area (Å²) in [4.78, 5) is 2.44. The molecule has 1 aliphatic rings. The molecule has 3 aromatic rings. The van der Waals surface area contributed by atoms with Crippen molar-refractivity contribution in [3.05, 3.63) is 89.0 Å². The lowest BCUT2D eigenvalue weighted by molar-refractivity contribution is 0.226. The molecule has 0 saturated carbocycles. The highest BCUT2D eigenvalue weighted by atomic mass is 16.5. The molecule has 3 aromatic carbocycles. The third kappa shape index (κ3) is 5.25. The number of hydrogen-bond acceptors (Lipinski definition) is 4. The highest BCUT2D eigenvalue weighted by Gasteiger charge is 2.27. The van der Waals surface area contributed by atoms with Crippen molar-refractivity contribution in [3.8, 4) is 17.2 Å². The van der Waals surface area contributed by atoms with Crippen LogP contribution in [0.4, 0.5) is 0 Å². The maximum absolute atomic E-state index is 6.21. The van der Waals surface area contributed by atoms with Crippen LogP contribution in [-0.2, 0) is 19.4 Å². The Morgan fingerprint density at radius 2 is 1.69 bits per heavy atom. The molecule has 0 N–H and O–H groups in total. The Labute approximate surface area is 191 Å². The van der Waals surface area contributed by atoms with Gasteiger partial charge in [0.2, 0.25) is 0 Å². The molecule has 1 aliphatic heterocycles. The van der Waals surface area contributed by atoms with Crippen LogP contribution in [0.3, 0.4) is 0 Å². The summed E-state index contributed by atoms with van der Waals surface area (Å²) in [7, 11) is 3.92. The van der Waals surface area contributed by atoms with Crippen molar-refractivity contribution < 1.29 is 14.2 Å². The van der Waals surface area contributed by atoms with Crippen molar-refractivity contribution >= 4 is 0 Å². The normalized spacial score (nSPS) is 16.0. The molecule has 1 atom stereocenters. The molecule has 0 fully saturated rings. The first kappa shape index (κ1) is 22.2. The molecule has 32 heavy (non-hydrogen) atoms. The molecule has 1 heterocycles. The number of methoxy groups -OCH3 is 1. The van der Waals surface area contributed by atoms with Crippen LogP contribution in [0.15, 0.2) is 66.7 Å². The summed E-state index contributed by atoms with van der Waals surface area (Å²) in [5.74, 6) is 2.52. The molecule has 0 bridgehead atoms. The number of nitrogens with zero attached hydrogens (tertiary/aromatic N) is 1. The standard InChI is InChI=1S/C28H33NO3/c1-20(2)32-24-12-10-21(11-13-24)16-26-25-18-28(31-19-22-8-6-5-7-9-22)27(30-4)17-23(25)14-15-29(26)3/h5-13,17-18,20,26H,14-16,19H2,1-4H3/t26-/m1/s1. The Kier molecular flexibility index (Phi) is 7.01. The van der Waals surface area contributed by atoms with Gasteiger partial charge in [-0.3, -0.25) is 4.90 Å². The minimum Gasteiger partial charge on any atom is -0.493 e. The maximum Gasteiger partial charge on any atom is 0.162 e. The summed E-state index contributed by atoms with van der Waals surface area (Å²) in [5.41, 5.74) is 5.11. The fourth-order valence-electron chi connectivity index (χ4n) is 4.31. The van der Waals surface area contributed by atoms with Crippen LogP contribution in [0.1, 0.15) is 42.1 Å². The van der Waals surface area contributed by atoms with Gasteiger partial charge in [0.25, 0.3) is 0 Å². The first-order valence-electron chi connectivity index (χ1n) is 11.4. The Hall–Kier alpha value is -2.98. The van der Waals surface area contributed by atoms with E-state index in [1.54, 1.807) is 7.11 Å². The fourth-order valence-corrected chi connectivity index (χ4v) is 4.31. The summed E-state index contributed by atoms with van der Waals surface area (Å²) in [6, 6.07) is 23.4. The number of hydrogen-bond donors (Lipinski definition) is 0. The molecule has 0 saturated heterocycles. The first-order chi connectivity index (χ1) is 15.5. The van der Waals surface area contributed by atoms with E-state index in [1.165, 1.54) is 16.7 Å². The zero-order chi connectivity index (χ0) is 22.5. The summed E-state index contributed by atoms with van der Waals surface area (Å²) in [5, 5.41) is 0. The van der Waals surface area contributed by atoms with E-state index < -0.39 is 0 Å². The van der Waals surface area contributed by atoms with Crippen LogP contribution in [0.5, 0.6) is 17.2 Å². The highest BCUT2D eigenvalue weighted by Crippen LogP contribution is 2.39. The molecule has 4 nitrogen and oxygen atoms in total. The summed E-state index contributed by atoms with van der Waals surface area (Å²) < 4.78 is 17.7. The van der Waals surface area contributed by atoms with E-state index in [2.05, 4.69) is 60.5 Å². The van der Waals surface area contributed by atoms with Gasteiger partial charge in [0.05, 0.1) is 13.2 Å². The predicted octanol–water partition coefficient (Wildman–Crippen LogP) is 5.83. The number of fused-ring (bicyclic) bond motifs is 1. The largest absolute Gasteiger partial charge is 0.493 e. The van der Waals surface area contributed by atoms with Crippen molar-refractivity contribution in [1.29, 1.82) is 0 Å². The number of likely N-dealkylation sites (N-methyl/N-ethyl adjacent to an activating group) is 1. The van der Waals surface area contributed by atoms with Crippen LogP contribution in [0.2, 0.25) is 0 Å². The molecule has 4 rings (SSSR count). The van der Waals surface area contributed by atoms with Gasteiger partial charge in [-0.05, 0) is 80.3 Å². The zero-order valence-corrected chi connectivity index (χ0v) is 19.5. The summed E-state index contributed by atoms with van der Waals surface area (Å²) >= 11 is 0. The van der Waals surface area contributed by atoms with Crippen molar-refractivity contribution in [2.24, 2.45) is 0 Å². The van der Waals surface area contributed by atoms with Crippen molar-refractivity contribution in [2.75, 3.05) is 20.7 Å². The Bertz CT molecular complexity index is 1010. The first-order valence-corrected chi connectivity index (χ1v) is 11.4. The van der Waals surface area contributed by atoms with Gasteiger partial charge >= 0.3 is 0 Å². The van der Waals surface area contributed by atoms with Gasteiger partial charge in [-0.15, -0.1) is 0 Å². The van der Waals surface area contributed by atoms with E-state index >= 15 is 0 Å². The van der Waals surface area contributed by atoms with Gasteiger partial charge < -0.3 is 14.2 Å². The van der Waals surface area contributed by atoms with E-state index in [0.29, 0.717) is 12.6 Å². The SMILES string of the molecule is COc1cc2c(cc1OCc1ccccc1)[C@@H](Cc1ccc(OC(C)C)cc1)N(C)CC2. The van der Waals surface area contributed by atoms with Crippen LogP contribution in [-0.4, -0.2) is 31.7 Å². The molecule has 0 amide bonds. The van der Waals surface area contributed by atoms with Crippen LogP contribution in [0, 0.1) is 0 Å². The summed E-state index contributed by atoms with van der Waals surface area (Å²) in [6.45, 7) is 5.65. The summed E-state index contributed by atoms with van der Waals surface area (Å²) in [6.07, 6.45) is 2.14. The smallest absolute Gasteiger partial charge is 0.162 e. The second kappa shape index (κ2) is 10.1. The van der Waals surface area contributed by atoms with Gasteiger partial charge in [0.1, 0.15) is 12.4 Å². The number of rotatable bonds is 8. The van der Waals surface area contributed by atoms with Crippen LogP contribution in [0.25, 0.3) is 0 Å². The second-order valence-corrected chi connectivity index (χ2v) is 8.74. The number of benzene rings is 3. The topological polar surface area (TPSA) is 30.9 Å². The highest BCUT2D eigenvalue weighted by molar-refractivity contribution is 5.50. The minimum absolute atomic E-state index is 0.182. The van der Waals surface area contributed by atoms with Gasteiger partial charge in [0, 0.05) is 12.6 Å². The maximum atomic E-state index is 6.21. The van der Waals surface area contributed by atoms with E-state index in [-0.39, 0.29) is 6.10 Å². The number of ether oxygens (including phenoxy) is 3. The van der Waals surface area contributed by atoms with Crippen molar-refractivity contribution in [1.82, 2.24) is 4.90 Å². The lowest BCUT2D eigenvalue weighted by atomic mass is 9.88. The molecule has 0 aliphatic carbocycles. The molecular weight excluding hydrogens is 398 g/mol. The molecule has 0 spiro atoms. The van der Waals surface area contributed by atoms with Crippen LogP contribution >= 0.6 is 0 Å². The van der Waals surface area contributed by atoms with Crippen LogP contribution < -0.4 is 14.2 Å². The van der Waals surface area contributed by atoms with E-state index in [0.717, 1.165) is 42.2 Å². The molecular formula is C28H33NO3. The Morgan fingerprint density at radius 1 is 0.938 bits per heavy atom. The van der Waals surface area contributed by atoms with Crippen molar-refractivity contribution in [3.63, 3.8) is 0 Å². The van der Waals surface area contributed by atoms with Gasteiger partial charge in [0.15, 0.2) is 11.5 Å². The average Bonchev–Trinajstić information content (AvgIpc) is 2.80. The van der Waals surface area contributed by atoms with Crippen molar-refractivity contribution in [2.45, 2.75) is 45.4 Å². The van der Waals surface area contributed by atoms with Gasteiger partial charge in [-0.1, -0.05) is 42.5 Å². The van der Waals surface area contributed by atoms with E-state index in [4.69, 9.17) is 14.2 Å². The predicted molar refractivity (Wildman–Crippen MR) is 129 cm³/mol. The van der Waals surface area contributed by atoms with E-state index in [1.807, 2.05) is 32.0 Å².